The van der Waals surface area contributed by atoms with Crippen LogP contribution in [0.2, 0.25) is 0 Å². The molecule has 4 nitrogen and oxygen atoms in total. The second kappa shape index (κ2) is 6.37. The van der Waals surface area contributed by atoms with Crippen LogP contribution in [0.25, 0.3) is 0 Å². The third kappa shape index (κ3) is 3.09. The van der Waals surface area contributed by atoms with Crippen LogP contribution in [0.15, 0.2) is 0 Å². The van der Waals surface area contributed by atoms with Gasteiger partial charge in [0.05, 0.1) is 0 Å². The molecule has 3 atom stereocenters. The summed E-state index contributed by atoms with van der Waals surface area (Å²) < 4.78 is 0. The zero-order valence-corrected chi connectivity index (χ0v) is 13.1. The van der Waals surface area contributed by atoms with E-state index in [4.69, 9.17) is 0 Å². The van der Waals surface area contributed by atoms with Crippen LogP contribution in [0.4, 0.5) is 0 Å². The number of hydrogen-bond donors (Lipinski definition) is 1. The van der Waals surface area contributed by atoms with Crippen molar-refractivity contribution in [2.24, 2.45) is 23.7 Å². The maximum absolute atomic E-state index is 12.7. The highest BCUT2D eigenvalue weighted by Gasteiger charge is 2.44. The molecule has 0 aromatic carbocycles. The molecule has 2 amide bonds. The van der Waals surface area contributed by atoms with Gasteiger partial charge in [0, 0.05) is 31.5 Å². The first-order valence-electron chi connectivity index (χ1n) is 8.75. The molecule has 1 N–H and O–H groups in total. The van der Waals surface area contributed by atoms with Crippen molar-refractivity contribution in [3.63, 3.8) is 0 Å². The quantitative estimate of drug-likeness (QED) is 0.863. The van der Waals surface area contributed by atoms with E-state index in [0.29, 0.717) is 17.7 Å². The smallest absolute Gasteiger partial charge is 0.225 e. The summed E-state index contributed by atoms with van der Waals surface area (Å²) in [5.41, 5.74) is 0. The molecule has 2 bridgehead atoms. The lowest BCUT2D eigenvalue weighted by Gasteiger charge is -2.34. The Morgan fingerprint density at radius 3 is 2.43 bits per heavy atom. The fourth-order valence-electron chi connectivity index (χ4n) is 4.54. The van der Waals surface area contributed by atoms with E-state index in [2.05, 4.69) is 12.2 Å². The molecule has 3 aliphatic rings. The van der Waals surface area contributed by atoms with Crippen molar-refractivity contribution < 1.29 is 9.59 Å². The molecular weight excluding hydrogens is 264 g/mol. The summed E-state index contributed by atoms with van der Waals surface area (Å²) in [7, 11) is 0. The summed E-state index contributed by atoms with van der Waals surface area (Å²) in [5, 5.41) is 2.98. The summed E-state index contributed by atoms with van der Waals surface area (Å²) in [5.74, 6) is 2.46. The summed E-state index contributed by atoms with van der Waals surface area (Å²) >= 11 is 0. The van der Waals surface area contributed by atoms with Gasteiger partial charge in [-0.1, -0.05) is 13.3 Å². The molecular formula is C17H28N2O2. The minimum atomic E-state index is 0.112. The number of fused-ring (bicyclic) bond motifs is 2. The number of hydrogen-bond acceptors (Lipinski definition) is 2. The van der Waals surface area contributed by atoms with Gasteiger partial charge in [-0.2, -0.15) is 0 Å². The number of rotatable bonds is 4. The van der Waals surface area contributed by atoms with Crippen molar-refractivity contribution in [1.82, 2.24) is 10.2 Å². The van der Waals surface area contributed by atoms with E-state index in [9.17, 15) is 9.59 Å². The topological polar surface area (TPSA) is 49.4 Å². The average molecular weight is 292 g/mol. The first kappa shape index (κ1) is 14.9. The lowest BCUT2D eigenvalue weighted by molar-refractivity contribution is -0.140. The predicted octanol–water partition coefficient (Wildman–Crippen LogP) is 2.19. The fourth-order valence-corrected chi connectivity index (χ4v) is 4.54. The van der Waals surface area contributed by atoms with Crippen LogP contribution in [0.1, 0.15) is 51.9 Å². The van der Waals surface area contributed by atoms with Gasteiger partial charge in [0.1, 0.15) is 0 Å². The number of carbonyl (C=O) groups is 2. The Hall–Kier alpha value is -1.06. The molecule has 0 spiro atoms. The van der Waals surface area contributed by atoms with Crippen LogP contribution in [0.5, 0.6) is 0 Å². The summed E-state index contributed by atoms with van der Waals surface area (Å²) in [4.78, 5) is 26.7. The largest absolute Gasteiger partial charge is 0.356 e. The number of carbonyl (C=O) groups excluding carboxylic acids is 2. The standard InChI is InChI=1S/C17H28N2O2/c1-2-7-18-16(20)13-5-8-19(9-6-13)17(21)15-11-12-3-4-14(15)10-12/h12-15H,2-11H2,1H3,(H,18,20). The molecule has 2 aliphatic carbocycles. The van der Waals surface area contributed by atoms with E-state index in [1.165, 1.54) is 19.3 Å². The minimum absolute atomic E-state index is 0.112. The van der Waals surface area contributed by atoms with Gasteiger partial charge in [-0.15, -0.1) is 0 Å². The van der Waals surface area contributed by atoms with E-state index in [0.717, 1.165) is 51.2 Å². The third-order valence-electron chi connectivity index (χ3n) is 5.78. The van der Waals surface area contributed by atoms with Gasteiger partial charge in [-0.25, -0.2) is 0 Å². The van der Waals surface area contributed by atoms with Crippen molar-refractivity contribution in [3.8, 4) is 0 Å². The molecule has 0 aromatic heterocycles. The Labute approximate surface area is 127 Å². The van der Waals surface area contributed by atoms with Crippen LogP contribution in [-0.4, -0.2) is 36.3 Å². The average Bonchev–Trinajstić information content (AvgIpc) is 3.15. The van der Waals surface area contributed by atoms with Crippen molar-refractivity contribution >= 4 is 11.8 Å². The Kier molecular flexibility index (Phi) is 4.51. The van der Waals surface area contributed by atoms with Gasteiger partial charge in [0.15, 0.2) is 0 Å². The Morgan fingerprint density at radius 2 is 1.86 bits per heavy atom. The van der Waals surface area contributed by atoms with Crippen molar-refractivity contribution in [1.29, 1.82) is 0 Å². The number of amides is 2. The molecule has 1 aliphatic heterocycles. The van der Waals surface area contributed by atoms with Gasteiger partial charge in [0.25, 0.3) is 0 Å². The third-order valence-corrected chi connectivity index (χ3v) is 5.78. The maximum atomic E-state index is 12.7. The van der Waals surface area contributed by atoms with Crippen molar-refractivity contribution in [2.75, 3.05) is 19.6 Å². The first-order chi connectivity index (χ1) is 10.2. The maximum Gasteiger partial charge on any atom is 0.225 e. The summed E-state index contributed by atoms with van der Waals surface area (Å²) in [6, 6.07) is 0. The van der Waals surface area contributed by atoms with Crippen LogP contribution in [0, 0.1) is 23.7 Å². The second-order valence-electron chi connectivity index (χ2n) is 7.17. The molecule has 1 heterocycles. The van der Waals surface area contributed by atoms with Gasteiger partial charge in [-0.05, 0) is 50.4 Å². The van der Waals surface area contributed by atoms with E-state index < -0.39 is 0 Å². The first-order valence-corrected chi connectivity index (χ1v) is 8.75. The zero-order valence-electron chi connectivity index (χ0n) is 13.1. The molecule has 2 saturated carbocycles. The molecule has 118 valence electrons. The fraction of sp³-hybridized carbons (Fsp3) is 0.882. The zero-order chi connectivity index (χ0) is 14.8. The molecule has 4 heteroatoms. The highest BCUT2D eigenvalue weighted by Crippen LogP contribution is 2.49. The van der Waals surface area contributed by atoms with Crippen molar-refractivity contribution in [2.45, 2.75) is 51.9 Å². The predicted molar refractivity (Wildman–Crippen MR) is 81.5 cm³/mol. The molecule has 3 rings (SSSR count). The minimum Gasteiger partial charge on any atom is -0.356 e. The Bertz CT molecular complexity index is 402. The van der Waals surface area contributed by atoms with Gasteiger partial charge >= 0.3 is 0 Å². The number of likely N-dealkylation sites (tertiary alicyclic amines) is 1. The SMILES string of the molecule is CCCNC(=O)C1CCN(C(=O)C2CC3CCC2C3)CC1. The lowest BCUT2D eigenvalue weighted by Crippen LogP contribution is -2.46. The molecule has 3 unspecified atom stereocenters. The van der Waals surface area contributed by atoms with E-state index >= 15 is 0 Å². The van der Waals surface area contributed by atoms with Crippen LogP contribution >= 0.6 is 0 Å². The normalized spacial score (nSPS) is 32.4. The lowest BCUT2D eigenvalue weighted by atomic mass is 9.86. The molecule has 3 fully saturated rings. The number of nitrogens with one attached hydrogen (secondary N) is 1. The van der Waals surface area contributed by atoms with E-state index in [1.54, 1.807) is 0 Å². The summed E-state index contributed by atoms with van der Waals surface area (Å²) in [6.45, 7) is 4.38. The van der Waals surface area contributed by atoms with Gasteiger partial charge in [-0.3, -0.25) is 9.59 Å². The number of piperidine rings is 1. The van der Waals surface area contributed by atoms with Crippen LogP contribution < -0.4 is 5.32 Å². The molecule has 0 aromatic rings. The molecule has 21 heavy (non-hydrogen) atoms. The van der Waals surface area contributed by atoms with Crippen LogP contribution in [0.3, 0.4) is 0 Å². The van der Waals surface area contributed by atoms with E-state index in [1.807, 2.05) is 4.90 Å². The highest BCUT2D eigenvalue weighted by atomic mass is 16.2. The Balaban J connectivity index is 1.47. The van der Waals surface area contributed by atoms with Crippen molar-refractivity contribution in [3.05, 3.63) is 0 Å². The monoisotopic (exact) mass is 292 g/mol. The van der Waals surface area contributed by atoms with Gasteiger partial charge < -0.3 is 10.2 Å². The highest BCUT2D eigenvalue weighted by molar-refractivity contribution is 5.81. The van der Waals surface area contributed by atoms with Crippen LogP contribution in [-0.2, 0) is 9.59 Å². The molecule has 0 radical (unpaired) electrons. The summed E-state index contributed by atoms with van der Waals surface area (Å²) in [6.07, 6.45) is 7.66. The van der Waals surface area contributed by atoms with Gasteiger partial charge in [0.2, 0.25) is 11.8 Å². The second-order valence-corrected chi connectivity index (χ2v) is 7.17. The van der Waals surface area contributed by atoms with E-state index in [-0.39, 0.29) is 11.8 Å². The Morgan fingerprint density at radius 1 is 1.10 bits per heavy atom. The molecule has 1 saturated heterocycles. The number of nitrogens with zero attached hydrogens (tertiary/aromatic N) is 1.